The number of pyridine rings is 1. The van der Waals surface area contributed by atoms with Crippen LogP contribution >= 0.6 is 50.1 Å². The van der Waals surface area contributed by atoms with Crippen LogP contribution in [-0.2, 0) is 0 Å². The molecule has 2 N–H and O–H groups in total. The molecule has 0 saturated carbocycles. The number of aromatic hydroxyl groups is 1. The van der Waals surface area contributed by atoms with Gasteiger partial charge in [0.1, 0.15) is 5.75 Å². The fraction of sp³-hybridized carbons (Fsp3) is 0. The molecule has 19 heavy (non-hydrogen) atoms. The van der Waals surface area contributed by atoms with Crippen LogP contribution in [0.15, 0.2) is 34.9 Å². The van der Waals surface area contributed by atoms with Gasteiger partial charge in [-0.05, 0) is 62.8 Å². The predicted molar refractivity (Wildman–Crippen MR) is 85.7 cm³/mol. The number of benzene rings is 1. The lowest BCUT2D eigenvalue weighted by atomic mass is 10.2. The van der Waals surface area contributed by atoms with Crippen molar-refractivity contribution in [1.29, 1.82) is 0 Å². The molecule has 0 unspecified atom stereocenters. The third-order valence-corrected chi connectivity index (χ3v) is 3.91. The minimum Gasteiger partial charge on any atom is -0.507 e. The third kappa shape index (κ3) is 3.58. The van der Waals surface area contributed by atoms with Crippen LogP contribution in [0.5, 0.6) is 5.75 Å². The van der Waals surface area contributed by atoms with Gasteiger partial charge in [0.2, 0.25) is 0 Å². The summed E-state index contributed by atoms with van der Waals surface area (Å²) in [6.07, 6.45) is 1.54. The molecule has 0 atom stereocenters. The van der Waals surface area contributed by atoms with Crippen molar-refractivity contribution in [1.82, 2.24) is 4.98 Å². The minimum atomic E-state index is -0.367. The summed E-state index contributed by atoms with van der Waals surface area (Å²) < 4.78 is 1.38. The van der Waals surface area contributed by atoms with Crippen molar-refractivity contribution in [3.63, 3.8) is 0 Å². The highest BCUT2D eigenvalue weighted by molar-refractivity contribution is 14.1. The Labute approximate surface area is 136 Å². The Bertz CT molecular complexity index is 652. The number of hydrogen-bond donors (Lipinski definition) is 2. The van der Waals surface area contributed by atoms with Gasteiger partial charge in [-0.1, -0.05) is 11.6 Å². The third-order valence-electron chi connectivity index (χ3n) is 2.26. The summed E-state index contributed by atoms with van der Waals surface area (Å²) in [5.41, 5.74) is 0.744. The van der Waals surface area contributed by atoms with Crippen LogP contribution < -0.4 is 5.32 Å². The second-order valence-electron chi connectivity index (χ2n) is 3.61. The van der Waals surface area contributed by atoms with Gasteiger partial charge in [-0.2, -0.15) is 0 Å². The van der Waals surface area contributed by atoms with E-state index in [2.05, 4.69) is 26.2 Å². The number of hydrogen-bond acceptors (Lipinski definition) is 3. The molecule has 7 heteroatoms. The van der Waals surface area contributed by atoms with Crippen LogP contribution in [0.1, 0.15) is 10.4 Å². The average molecular weight is 453 g/mol. The zero-order chi connectivity index (χ0) is 14.0. The van der Waals surface area contributed by atoms with E-state index in [0.717, 1.165) is 0 Å². The number of anilines is 1. The SMILES string of the molecule is O=C(Nc1cc(Br)cnc1Cl)c1ccc(I)c(O)c1. The second kappa shape index (κ2) is 6.06. The number of carbonyl (C=O) groups is 1. The molecule has 0 aliphatic rings. The number of rotatable bonds is 2. The average Bonchev–Trinajstić information content (AvgIpc) is 2.37. The molecule has 2 rings (SSSR count). The number of phenols is 1. The van der Waals surface area contributed by atoms with Gasteiger partial charge in [0.15, 0.2) is 5.15 Å². The number of nitrogens with one attached hydrogen (secondary N) is 1. The Balaban J connectivity index is 2.25. The van der Waals surface area contributed by atoms with E-state index >= 15 is 0 Å². The molecule has 2 aromatic rings. The first kappa shape index (κ1) is 14.5. The van der Waals surface area contributed by atoms with E-state index in [9.17, 15) is 9.90 Å². The molecule has 0 aliphatic heterocycles. The monoisotopic (exact) mass is 452 g/mol. The molecule has 4 nitrogen and oxygen atoms in total. The standard InChI is InChI=1S/C12H7BrClIN2O2/c13-7-4-9(11(14)16-5-7)17-12(19)6-1-2-8(15)10(18)3-6/h1-5,18H,(H,17,19). The summed E-state index contributed by atoms with van der Waals surface area (Å²) in [5, 5.41) is 12.4. The summed E-state index contributed by atoms with van der Waals surface area (Å²) in [6.45, 7) is 0. The lowest BCUT2D eigenvalue weighted by Gasteiger charge is -2.07. The minimum absolute atomic E-state index is 0.0618. The van der Waals surface area contributed by atoms with Gasteiger partial charge >= 0.3 is 0 Å². The Morgan fingerprint density at radius 3 is 2.84 bits per heavy atom. The fourth-order valence-corrected chi connectivity index (χ4v) is 2.18. The van der Waals surface area contributed by atoms with Gasteiger partial charge < -0.3 is 10.4 Å². The highest BCUT2D eigenvalue weighted by Gasteiger charge is 2.11. The van der Waals surface area contributed by atoms with Crippen molar-refractivity contribution in [2.45, 2.75) is 0 Å². The van der Waals surface area contributed by atoms with Crippen LogP contribution in [0, 0.1) is 3.57 Å². The first-order valence-electron chi connectivity index (χ1n) is 5.08. The quantitative estimate of drug-likeness (QED) is 0.533. The van der Waals surface area contributed by atoms with E-state index in [4.69, 9.17) is 11.6 Å². The van der Waals surface area contributed by atoms with E-state index in [1.807, 2.05) is 22.6 Å². The Hall–Kier alpha value is -0.860. The topological polar surface area (TPSA) is 62.2 Å². The molecule has 0 saturated heterocycles. The number of amides is 1. The maximum absolute atomic E-state index is 12.0. The van der Waals surface area contributed by atoms with Crippen LogP contribution in [0.3, 0.4) is 0 Å². The largest absolute Gasteiger partial charge is 0.507 e. The van der Waals surface area contributed by atoms with E-state index in [-0.39, 0.29) is 16.8 Å². The second-order valence-corrected chi connectivity index (χ2v) is 6.05. The highest BCUT2D eigenvalue weighted by Crippen LogP contribution is 2.25. The summed E-state index contributed by atoms with van der Waals surface area (Å²) in [6, 6.07) is 6.33. The summed E-state index contributed by atoms with van der Waals surface area (Å²) in [4.78, 5) is 15.9. The molecule has 1 aromatic carbocycles. The lowest BCUT2D eigenvalue weighted by molar-refractivity contribution is 0.102. The molecule has 0 aliphatic carbocycles. The summed E-state index contributed by atoms with van der Waals surface area (Å²) in [7, 11) is 0. The molecule has 0 spiro atoms. The van der Waals surface area contributed by atoms with Gasteiger partial charge in [-0.25, -0.2) is 4.98 Å². The van der Waals surface area contributed by atoms with Gasteiger partial charge in [-0.15, -0.1) is 0 Å². The molecular weight excluding hydrogens is 446 g/mol. The van der Waals surface area contributed by atoms with Gasteiger partial charge in [0, 0.05) is 16.2 Å². The molecule has 0 bridgehead atoms. The van der Waals surface area contributed by atoms with Crippen molar-refractivity contribution in [2.24, 2.45) is 0 Å². The van der Waals surface area contributed by atoms with E-state index < -0.39 is 0 Å². The molecular formula is C12H7BrClIN2O2. The van der Waals surface area contributed by atoms with Gasteiger partial charge in [0.25, 0.3) is 5.91 Å². The first-order chi connectivity index (χ1) is 8.97. The molecule has 0 fully saturated rings. The summed E-state index contributed by atoms with van der Waals surface area (Å²) >= 11 is 11.1. The Kier molecular flexibility index (Phi) is 4.64. The number of phenolic OH excluding ortho intramolecular Hbond substituents is 1. The van der Waals surface area contributed by atoms with Crippen LogP contribution in [0.25, 0.3) is 0 Å². The fourth-order valence-electron chi connectivity index (χ4n) is 1.36. The van der Waals surface area contributed by atoms with Crippen molar-refractivity contribution in [2.75, 3.05) is 5.32 Å². The summed E-state index contributed by atoms with van der Waals surface area (Å²) in [5.74, 6) is -0.305. The molecule has 1 aromatic heterocycles. The normalized spacial score (nSPS) is 10.3. The number of halogens is 3. The maximum atomic E-state index is 12.0. The maximum Gasteiger partial charge on any atom is 0.255 e. The predicted octanol–water partition coefficient (Wildman–Crippen LogP) is 4.06. The van der Waals surface area contributed by atoms with Crippen LogP contribution in [-0.4, -0.2) is 16.0 Å². The van der Waals surface area contributed by atoms with Gasteiger partial charge in [0.05, 0.1) is 9.26 Å². The number of aromatic nitrogens is 1. The van der Waals surface area contributed by atoms with Crippen molar-refractivity contribution >= 4 is 61.7 Å². The number of nitrogens with zero attached hydrogens (tertiary/aromatic N) is 1. The molecule has 0 radical (unpaired) electrons. The van der Waals surface area contributed by atoms with Crippen molar-refractivity contribution < 1.29 is 9.90 Å². The van der Waals surface area contributed by atoms with Gasteiger partial charge in [-0.3, -0.25) is 4.79 Å². The van der Waals surface area contributed by atoms with Crippen LogP contribution in [0.4, 0.5) is 5.69 Å². The Morgan fingerprint density at radius 1 is 1.42 bits per heavy atom. The van der Waals surface area contributed by atoms with Crippen molar-refractivity contribution in [3.05, 3.63) is 49.2 Å². The molecule has 1 heterocycles. The van der Waals surface area contributed by atoms with Crippen molar-refractivity contribution in [3.8, 4) is 5.75 Å². The first-order valence-corrected chi connectivity index (χ1v) is 7.33. The zero-order valence-corrected chi connectivity index (χ0v) is 13.8. The smallest absolute Gasteiger partial charge is 0.255 e. The van der Waals surface area contributed by atoms with Crippen LogP contribution in [0.2, 0.25) is 5.15 Å². The molecule has 1 amide bonds. The van der Waals surface area contributed by atoms with E-state index in [0.29, 0.717) is 19.3 Å². The van der Waals surface area contributed by atoms with E-state index in [1.165, 1.54) is 12.3 Å². The Morgan fingerprint density at radius 2 is 2.16 bits per heavy atom. The number of carbonyl (C=O) groups excluding carboxylic acids is 1. The molecule has 98 valence electrons. The lowest BCUT2D eigenvalue weighted by Crippen LogP contribution is -2.12. The highest BCUT2D eigenvalue weighted by atomic mass is 127. The van der Waals surface area contributed by atoms with E-state index in [1.54, 1.807) is 18.2 Å². The zero-order valence-electron chi connectivity index (χ0n) is 9.32.